The molecular formula is C11H9F2NO3S2. The minimum atomic E-state index is -4.00. The quantitative estimate of drug-likeness (QED) is 0.911. The molecule has 2 aromatic rings. The molecule has 0 spiro atoms. The average molecular weight is 305 g/mol. The van der Waals surface area contributed by atoms with E-state index in [1.807, 2.05) is 4.72 Å². The highest BCUT2D eigenvalue weighted by Crippen LogP contribution is 2.23. The second kappa shape index (κ2) is 5.24. The minimum absolute atomic E-state index is 0.106. The summed E-state index contributed by atoms with van der Waals surface area (Å²) in [7, 11) is -4.00. The topological polar surface area (TPSA) is 66.4 Å². The highest BCUT2D eigenvalue weighted by Gasteiger charge is 2.18. The third-order valence-electron chi connectivity index (χ3n) is 2.27. The Morgan fingerprint density at radius 3 is 2.63 bits per heavy atom. The zero-order chi connectivity index (χ0) is 14.0. The third kappa shape index (κ3) is 3.09. The van der Waals surface area contributed by atoms with Gasteiger partial charge in [0.15, 0.2) is 0 Å². The molecule has 0 atom stereocenters. The number of thiophene rings is 1. The van der Waals surface area contributed by atoms with Gasteiger partial charge in [-0.15, -0.1) is 11.3 Å². The van der Waals surface area contributed by atoms with Crippen molar-refractivity contribution in [3.8, 4) is 0 Å². The van der Waals surface area contributed by atoms with Gasteiger partial charge in [-0.3, -0.25) is 4.72 Å². The number of rotatable bonds is 4. The van der Waals surface area contributed by atoms with E-state index in [1.165, 1.54) is 11.4 Å². The summed E-state index contributed by atoms with van der Waals surface area (Å²) in [5.74, 6) is -1.62. The van der Waals surface area contributed by atoms with Crippen molar-refractivity contribution >= 4 is 27.0 Å². The molecule has 1 heterocycles. The lowest BCUT2D eigenvalue weighted by Crippen LogP contribution is -2.13. The molecule has 1 aromatic heterocycles. The molecule has 1 aromatic carbocycles. The van der Waals surface area contributed by atoms with E-state index in [1.54, 1.807) is 0 Å². The van der Waals surface area contributed by atoms with Crippen LogP contribution in [0.5, 0.6) is 0 Å². The van der Waals surface area contributed by atoms with Gasteiger partial charge in [0, 0.05) is 16.3 Å². The summed E-state index contributed by atoms with van der Waals surface area (Å²) < 4.78 is 52.1. The van der Waals surface area contributed by atoms with Crippen LogP contribution in [0.1, 0.15) is 4.88 Å². The van der Waals surface area contributed by atoms with Gasteiger partial charge in [-0.1, -0.05) is 0 Å². The zero-order valence-electron chi connectivity index (χ0n) is 9.43. The van der Waals surface area contributed by atoms with E-state index < -0.39 is 27.3 Å². The maximum atomic E-state index is 13.4. The predicted molar refractivity (Wildman–Crippen MR) is 67.4 cm³/mol. The van der Waals surface area contributed by atoms with Crippen molar-refractivity contribution < 1.29 is 22.3 Å². The molecule has 0 aliphatic heterocycles. The lowest BCUT2D eigenvalue weighted by molar-refractivity contribution is 0.285. The van der Waals surface area contributed by atoms with Crippen LogP contribution >= 0.6 is 11.3 Å². The summed E-state index contributed by atoms with van der Waals surface area (Å²) in [4.78, 5) is 0.352. The van der Waals surface area contributed by atoms with Crippen molar-refractivity contribution in [2.75, 3.05) is 4.72 Å². The number of halogens is 2. The van der Waals surface area contributed by atoms with E-state index in [0.717, 1.165) is 29.5 Å². The SMILES string of the molecule is O=S(=O)(Nc1cc(F)ccc1F)c1csc(CO)c1. The molecule has 4 nitrogen and oxygen atoms in total. The predicted octanol–water partition coefficient (Wildman–Crippen LogP) is 2.32. The summed E-state index contributed by atoms with van der Waals surface area (Å²) in [6, 6.07) is 3.75. The van der Waals surface area contributed by atoms with Crippen molar-refractivity contribution in [3.63, 3.8) is 0 Å². The van der Waals surface area contributed by atoms with E-state index in [4.69, 9.17) is 5.11 Å². The Kier molecular flexibility index (Phi) is 3.83. The van der Waals surface area contributed by atoms with Crippen LogP contribution in [0.4, 0.5) is 14.5 Å². The molecule has 0 radical (unpaired) electrons. The molecular weight excluding hydrogens is 296 g/mol. The number of aliphatic hydroxyl groups excluding tert-OH is 1. The van der Waals surface area contributed by atoms with Crippen LogP contribution in [0.25, 0.3) is 0 Å². The molecule has 2 N–H and O–H groups in total. The van der Waals surface area contributed by atoms with Crippen molar-refractivity contribution in [1.82, 2.24) is 0 Å². The number of benzene rings is 1. The van der Waals surface area contributed by atoms with Gasteiger partial charge in [0.1, 0.15) is 11.6 Å². The van der Waals surface area contributed by atoms with Gasteiger partial charge in [-0.25, -0.2) is 17.2 Å². The van der Waals surface area contributed by atoms with Gasteiger partial charge >= 0.3 is 0 Å². The first-order valence-corrected chi connectivity index (χ1v) is 7.45. The number of hydrogen-bond acceptors (Lipinski definition) is 4. The van der Waals surface area contributed by atoms with Gasteiger partial charge in [-0.2, -0.15) is 0 Å². The summed E-state index contributed by atoms with van der Waals surface area (Å²) in [6.45, 7) is -0.283. The van der Waals surface area contributed by atoms with E-state index in [9.17, 15) is 17.2 Å². The third-order valence-corrected chi connectivity index (χ3v) is 4.68. The number of hydrogen-bond donors (Lipinski definition) is 2. The van der Waals surface area contributed by atoms with Crippen molar-refractivity contribution in [2.45, 2.75) is 11.5 Å². The fourth-order valence-corrected chi connectivity index (χ4v) is 3.56. The fourth-order valence-electron chi connectivity index (χ4n) is 1.36. The highest BCUT2D eigenvalue weighted by atomic mass is 32.2. The molecule has 8 heteroatoms. The molecule has 0 aliphatic rings. The highest BCUT2D eigenvalue weighted by molar-refractivity contribution is 7.92. The molecule has 0 saturated heterocycles. The second-order valence-electron chi connectivity index (χ2n) is 3.64. The summed E-state index contributed by atoms with van der Waals surface area (Å²) >= 11 is 1.06. The van der Waals surface area contributed by atoms with E-state index >= 15 is 0 Å². The lowest BCUT2D eigenvalue weighted by Gasteiger charge is -2.07. The Hall–Kier alpha value is -1.51. The van der Waals surface area contributed by atoms with E-state index in [2.05, 4.69) is 0 Å². The van der Waals surface area contributed by atoms with Crippen LogP contribution in [-0.4, -0.2) is 13.5 Å². The normalized spacial score (nSPS) is 11.5. The molecule has 0 unspecified atom stereocenters. The van der Waals surface area contributed by atoms with Gasteiger partial charge < -0.3 is 5.11 Å². The Labute approximate surface area is 112 Å². The monoisotopic (exact) mass is 305 g/mol. The van der Waals surface area contributed by atoms with Crippen LogP contribution in [-0.2, 0) is 16.6 Å². The molecule has 102 valence electrons. The molecule has 19 heavy (non-hydrogen) atoms. The van der Waals surface area contributed by atoms with Crippen molar-refractivity contribution in [3.05, 3.63) is 46.2 Å². The van der Waals surface area contributed by atoms with Gasteiger partial charge in [0.05, 0.1) is 17.2 Å². The van der Waals surface area contributed by atoms with Crippen molar-refractivity contribution in [1.29, 1.82) is 0 Å². The van der Waals surface area contributed by atoms with Gasteiger partial charge in [0.2, 0.25) is 0 Å². The minimum Gasteiger partial charge on any atom is -0.391 e. The fraction of sp³-hybridized carbons (Fsp3) is 0.0909. The molecule has 2 rings (SSSR count). The summed E-state index contributed by atoms with van der Waals surface area (Å²) in [5.41, 5.74) is -0.461. The van der Waals surface area contributed by atoms with Crippen LogP contribution < -0.4 is 4.72 Å². The second-order valence-corrected chi connectivity index (χ2v) is 6.31. The van der Waals surface area contributed by atoms with Crippen LogP contribution in [0.15, 0.2) is 34.5 Å². The number of sulfonamides is 1. The Bertz CT molecular complexity index is 698. The average Bonchev–Trinajstić information content (AvgIpc) is 2.83. The smallest absolute Gasteiger partial charge is 0.262 e. The van der Waals surface area contributed by atoms with Crippen LogP contribution in [0.2, 0.25) is 0 Å². The maximum absolute atomic E-state index is 13.4. The Morgan fingerprint density at radius 2 is 2.00 bits per heavy atom. The molecule has 0 aliphatic carbocycles. The van der Waals surface area contributed by atoms with Crippen LogP contribution in [0, 0.1) is 11.6 Å². The molecule has 0 bridgehead atoms. The number of aliphatic hydroxyl groups is 1. The first kappa shape index (κ1) is 13.9. The lowest BCUT2D eigenvalue weighted by atomic mass is 10.3. The first-order chi connectivity index (χ1) is 8.92. The van der Waals surface area contributed by atoms with Crippen LogP contribution in [0.3, 0.4) is 0 Å². The zero-order valence-corrected chi connectivity index (χ0v) is 11.1. The Morgan fingerprint density at radius 1 is 1.26 bits per heavy atom. The van der Waals surface area contributed by atoms with E-state index in [-0.39, 0.29) is 11.5 Å². The van der Waals surface area contributed by atoms with Gasteiger partial charge in [0.25, 0.3) is 10.0 Å². The largest absolute Gasteiger partial charge is 0.391 e. The summed E-state index contributed by atoms with van der Waals surface area (Å²) in [5, 5.41) is 10.2. The number of anilines is 1. The molecule has 0 amide bonds. The standard InChI is InChI=1S/C11H9F2NO3S2/c12-7-1-2-10(13)11(3-7)14-19(16,17)9-4-8(5-15)18-6-9/h1-4,6,14-15H,5H2. The number of nitrogens with one attached hydrogen (secondary N) is 1. The first-order valence-electron chi connectivity index (χ1n) is 5.08. The van der Waals surface area contributed by atoms with Crippen molar-refractivity contribution in [2.24, 2.45) is 0 Å². The summed E-state index contributed by atoms with van der Waals surface area (Å²) in [6.07, 6.45) is 0. The Balaban J connectivity index is 2.33. The molecule has 0 saturated carbocycles. The molecule has 0 fully saturated rings. The van der Waals surface area contributed by atoms with Gasteiger partial charge in [-0.05, 0) is 18.2 Å². The van der Waals surface area contributed by atoms with E-state index in [0.29, 0.717) is 4.88 Å². The maximum Gasteiger partial charge on any atom is 0.262 e.